The third-order valence-corrected chi connectivity index (χ3v) is 6.28. The van der Waals surface area contributed by atoms with Gasteiger partial charge in [-0.2, -0.15) is 0 Å². The van der Waals surface area contributed by atoms with Gasteiger partial charge in [0.2, 0.25) is 0 Å². The molecule has 2 aliphatic rings. The molecule has 0 fully saturated rings. The van der Waals surface area contributed by atoms with Crippen molar-refractivity contribution < 1.29 is 33.7 Å². The van der Waals surface area contributed by atoms with Gasteiger partial charge in [0.05, 0.1) is 30.4 Å². The number of ketones is 1. The number of carbonyl (C=O) groups is 3. The molecule has 0 radical (unpaired) electrons. The third kappa shape index (κ3) is 4.64. The van der Waals surface area contributed by atoms with Gasteiger partial charge in [0.1, 0.15) is 5.92 Å². The molecule has 9 heteroatoms. The molecular formula is C25H30ClNO7. The summed E-state index contributed by atoms with van der Waals surface area (Å²) in [6.07, 6.45) is 0.0156. The van der Waals surface area contributed by atoms with E-state index in [2.05, 4.69) is 5.32 Å². The zero-order valence-corrected chi connectivity index (χ0v) is 20.9. The zero-order valence-electron chi connectivity index (χ0n) is 20.2. The first kappa shape index (κ1) is 25.6. The molecule has 1 aliphatic carbocycles. The van der Waals surface area contributed by atoms with Crippen molar-refractivity contribution in [1.82, 2.24) is 5.32 Å². The van der Waals surface area contributed by atoms with Crippen molar-refractivity contribution in [1.29, 1.82) is 0 Å². The van der Waals surface area contributed by atoms with Crippen LogP contribution in [0.2, 0.25) is 5.02 Å². The van der Waals surface area contributed by atoms with Gasteiger partial charge in [-0.05, 0) is 57.7 Å². The van der Waals surface area contributed by atoms with Gasteiger partial charge < -0.3 is 24.6 Å². The summed E-state index contributed by atoms with van der Waals surface area (Å²) in [5.74, 6) is -3.95. The number of halogens is 1. The van der Waals surface area contributed by atoms with Crippen LogP contribution in [0.1, 0.15) is 52.5 Å². The molecule has 1 aromatic rings. The maximum atomic E-state index is 13.7. The number of rotatable bonds is 6. The number of ether oxygens (including phenoxy) is 3. The van der Waals surface area contributed by atoms with E-state index < -0.39 is 35.7 Å². The quantitative estimate of drug-likeness (QED) is 0.453. The normalized spacial score (nSPS) is 22.4. The highest BCUT2D eigenvalue weighted by Gasteiger charge is 2.47. The van der Waals surface area contributed by atoms with Crippen molar-refractivity contribution in [2.75, 3.05) is 13.7 Å². The van der Waals surface area contributed by atoms with Gasteiger partial charge in [0, 0.05) is 22.9 Å². The Morgan fingerprint density at radius 1 is 1.29 bits per heavy atom. The fourth-order valence-electron chi connectivity index (χ4n) is 4.59. The van der Waals surface area contributed by atoms with E-state index >= 15 is 0 Å². The van der Waals surface area contributed by atoms with Crippen molar-refractivity contribution >= 4 is 29.3 Å². The van der Waals surface area contributed by atoms with E-state index in [9.17, 15) is 19.5 Å². The van der Waals surface area contributed by atoms with Crippen LogP contribution in [0.25, 0.3) is 0 Å². The number of methoxy groups -OCH3 is 1. The molecule has 0 aromatic heterocycles. The molecule has 0 amide bonds. The first-order valence-corrected chi connectivity index (χ1v) is 11.6. The topological polar surface area (TPSA) is 111 Å². The third-order valence-electron chi connectivity index (χ3n) is 5.99. The lowest BCUT2D eigenvalue weighted by atomic mass is 9.69. The van der Waals surface area contributed by atoms with E-state index in [1.54, 1.807) is 33.8 Å². The lowest BCUT2D eigenvalue weighted by Gasteiger charge is -2.38. The summed E-state index contributed by atoms with van der Waals surface area (Å²) in [5.41, 5.74) is 2.13. The van der Waals surface area contributed by atoms with E-state index in [0.29, 0.717) is 23.4 Å². The highest BCUT2D eigenvalue weighted by Crippen LogP contribution is 2.48. The smallest absolute Gasteiger partial charge is 0.337 e. The summed E-state index contributed by atoms with van der Waals surface area (Å²) in [4.78, 5) is 39.5. The lowest BCUT2D eigenvalue weighted by Crippen LogP contribution is -2.43. The van der Waals surface area contributed by atoms with Crippen molar-refractivity contribution in [3.8, 4) is 11.5 Å². The maximum absolute atomic E-state index is 13.7. The number of nitrogens with one attached hydrogen (secondary N) is 1. The Labute approximate surface area is 203 Å². The molecule has 34 heavy (non-hydrogen) atoms. The minimum atomic E-state index is -1.01. The summed E-state index contributed by atoms with van der Waals surface area (Å²) < 4.78 is 15.9. The van der Waals surface area contributed by atoms with Gasteiger partial charge >= 0.3 is 11.9 Å². The highest BCUT2D eigenvalue weighted by atomic mass is 35.5. The second-order valence-corrected chi connectivity index (χ2v) is 9.18. The number of benzene rings is 1. The number of allylic oxidation sites excluding steroid dienone is 3. The molecule has 1 aliphatic heterocycles. The van der Waals surface area contributed by atoms with Crippen LogP contribution in [-0.2, 0) is 23.9 Å². The zero-order chi connectivity index (χ0) is 25.3. The van der Waals surface area contributed by atoms with Gasteiger partial charge in [-0.25, -0.2) is 4.79 Å². The lowest BCUT2D eigenvalue weighted by molar-refractivity contribution is -0.151. The minimum Gasteiger partial charge on any atom is -0.503 e. The molecule has 184 valence electrons. The number of carbonyl (C=O) groups excluding carboxylic acids is 3. The van der Waals surface area contributed by atoms with Crippen molar-refractivity contribution in [3.63, 3.8) is 0 Å². The number of hydrogen-bond donors (Lipinski definition) is 2. The molecule has 1 aromatic carbocycles. The van der Waals surface area contributed by atoms with Crippen LogP contribution in [-0.4, -0.2) is 42.6 Å². The van der Waals surface area contributed by atoms with Crippen molar-refractivity contribution in [2.24, 2.45) is 11.8 Å². The van der Waals surface area contributed by atoms with Gasteiger partial charge in [-0.15, -0.1) is 0 Å². The van der Waals surface area contributed by atoms with Crippen LogP contribution in [0.15, 0.2) is 34.7 Å². The van der Waals surface area contributed by atoms with Crippen LogP contribution in [0, 0.1) is 11.8 Å². The number of esters is 2. The molecule has 0 unspecified atom stereocenters. The molecule has 2 N–H and O–H groups in total. The Morgan fingerprint density at radius 3 is 2.56 bits per heavy atom. The summed E-state index contributed by atoms with van der Waals surface area (Å²) in [5, 5.41) is 13.6. The van der Waals surface area contributed by atoms with Gasteiger partial charge in [-0.3, -0.25) is 9.59 Å². The Hall–Kier alpha value is -3.00. The molecule has 0 saturated carbocycles. The summed E-state index contributed by atoms with van der Waals surface area (Å²) in [6.45, 7) is 9.04. The van der Waals surface area contributed by atoms with Crippen LogP contribution in [0.4, 0.5) is 0 Å². The fourth-order valence-corrected chi connectivity index (χ4v) is 4.81. The van der Waals surface area contributed by atoms with Crippen molar-refractivity contribution in [3.05, 3.63) is 45.3 Å². The number of phenols is 1. The first-order valence-electron chi connectivity index (χ1n) is 11.2. The predicted molar refractivity (Wildman–Crippen MR) is 125 cm³/mol. The largest absolute Gasteiger partial charge is 0.503 e. The van der Waals surface area contributed by atoms with Crippen LogP contribution in [0.5, 0.6) is 11.5 Å². The van der Waals surface area contributed by atoms with Gasteiger partial charge in [0.15, 0.2) is 17.3 Å². The molecule has 3 atom stereocenters. The van der Waals surface area contributed by atoms with E-state index in [1.807, 2.05) is 6.92 Å². The fraction of sp³-hybridized carbons (Fsp3) is 0.480. The number of dihydropyridines is 1. The maximum Gasteiger partial charge on any atom is 0.337 e. The summed E-state index contributed by atoms with van der Waals surface area (Å²) in [6, 6.07) is 3.05. The minimum absolute atomic E-state index is 0.0111. The molecule has 8 nitrogen and oxygen atoms in total. The number of hydrogen-bond acceptors (Lipinski definition) is 8. The Morgan fingerprint density at radius 2 is 1.97 bits per heavy atom. The van der Waals surface area contributed by atoms with Gasteiger partial charge in [0.25, 0.3) is 0 Å². The molecular weight excluding hydrogens is 462 g/mol. The molecule has 3 rings (SSSR count). The number of aromatic hydroxyl groups is 1. The van der Waals surface area contributed by atoms with E-state index in [0.717, 1.165) is 0 Å². The summed E-state index contributed by atoms with van der Waals surface area (Å²) in [7, 11) is 1.24. The van der Waals surface area contributed by atoms with E-state index in [-0.39, 0.29) is 40.2 Å². The molecule has 1 heterocycles. The average Bonchev–Trinajstić information content (AvgIpc) is 2.75. The second-order valence-electron chi connectivity index (χ2n) is 8.77. The molecule has 0 spiro atoms. The molecule has 0 bridgehead atoms. The number of Topliss-reactive ketones (excluding diaryl/α,β-unsaturated/α-hetero) is 1. The second kappa shape index (κ2) is 10.1. The Kier molecular flexibility index (Phi) is 7.60. The molecule has 0 saturated heterocycles. The predicted octanol–water partition coefficient (Wildman–Crippen LogP) is 4.01. The summed E-state index contributed by atoms with van der Waals surface area (Å²) >= 11 is 6.31. The SMILES string of the molecule is CCOc1cc([C@@H]2C(C(=O)OC(C)C)=C(C)NC3=C2C(=O)[C@@H](C(=O)OC)[C@H](C)C3)cc(Cl)c1O. The Balaban J connectivity index is 2.26. The van der Waals surface area contributed by atoms with Gasteiger partial charge in [-0.1, -0.05) is 18.5 Å². The van der Waals surface area contributed by atoms with Crippen LogP contribution in [0.3, 0.4) is 0 Å². The average molecular weight is 492 g/mol. The van der Waals surface area contributed by atoms with E-state index in [1.165, 1.54) is 13.2 Å². The standard InChI is InChI=1S/C25H30ClNO7/c1-7-33-17-10-14(9-15(26)22(17)28)20-19(25(31)34-11(2)3)13(5)27-16-8-12(4)18(24(30)32-6)23(29)21(16)20/h9-12,18,20,27-28H,7-8H2,1-6H3/t12-,18+,20-/m1/s1. The Bertz CT molecular complexity index is 1090. The van der Waals surface area contributed by atoms with Crippen LogP contribution >= 0.6 is 11.6 Å². The van der Waals surface area contributed by atoms with E-state index in [4.69, 9.17) is 25.8 Å². The van der Waals surface area contributed by atoms with Crippen LogP contribution < -0.4 is 10.1 Å². The monoisotopic (exact) mass is 491 g/mol. The first-order chi connectivity index (χ1) is 16.0. The number of phenolic OH excluding ortho intramolecular Hbond substituents is 1. The highest BCUT2D eigenvalue weighted by molar-refractivity contribution is 6.32. The van der Waals surface area contributed by atoms with Crippen molar-refractivity contribution in [2.45, 2.75) is 53.1 Å².